The molecule has 1 aromatic carbocycles. The number of epoxide rings is 1. The molecule has 0 amide bonds. The van der Waals surface area contributed by atoms with Gasteiger partial charge in [0.15, 0.2) is 0 Å². The van der Waals surface area contributed by atoms with Crippen molar-refractivity contribution in [2.75, 3.05) is 0 Å². The fraction of sp³-hybridized carbons (Fsp3) is 0.571. The van der Waals surface area contributed by atoms with Gasteiger partial charge in [-0.05, 0) is 25.3 Å². The van der Waals surface area contributed by atoms with E-state index in [4.69, 9.17) is 4.74 Å². The third-order valence-electron chi connectivity index (χ3n) is 4.24. The lowest BCUT2D eigenvalue weighted by Gasteiger charge is -2.33. The molecule has 3 atom stereocenters. The summed E-state index contributed by atoms with van der Waals surface area (Å²) in [5.74, 6) is 0. The van der Waals surface area contributed by atoms with Crippen LogP contribution in [-0.2, 0) is 10.3 Å². The highest BCUT2D eigenvalue weighted by molar-refractivity contribution is 5.30. The molecule has 0 bridgehead atoms. The number of hydrogen-bond acceptors (Lipinski definition) is 2. The van der Waals surface area contributed by atoms with E-state index in [-0.39, 0.29) is 11.7 Å². The van der Waals surface area contributed by atoms with Crippen molar-refractivity contribution in [2.45, 2.75) is 49.9 Å². The van der Waals surface area contributed by atoms with Crippen LogP contribution in [0.4, 0.5) is 0 Å². The van der Waals surface area contributed by atoms with Gasteiger partial charge in [-0.25, -0.2) is 0 Å². The molecule has 0 unspecified atom stereocenters. The highest BCUT2D eigenvalue weighted by Crippen LogP contribution is 2.57. The smallest absolute Gasteiger partial charge is 0.127 e. The summed E-state index contributed by atoms with van der Waals surface area (Å²) in [6.45, 7) is 1.90. The van der Waals surface area contributed by atoms with Gasteiger partial charge in [-0.3, -0.25) is 0 Å². The lowest BCUT2D eigenvalue weighted by atomic mass is 9.74. The lowest BCUT2D eigenvalue weighted by Crippen LogP contribution is -2.43. The first-order valence-electron chi connectivity index (χ1n) is 6.12. The van der Waals surface area contributed by atoms with Gasteiger partial charge in [-0.2, -0.15) is 0 Å². The van der Waals surface area contributed by atoms with Gasteiger partial charge in [0.1, 0.15) is 11.2 Å². The van der Waals surface area contributed by atoms with Gasteiger partial charge in [0, 0.05) is 0 Å². The molecule has 0 radical (unpaired) electrons. The maximum atomic E-state index is 10.8. The van der Waals surface area contributed by atoms with Crippen molar-refractivity contribution in [3.63, 3.8) is 0 Å². The predicted molar refractivity (Wildman–Crippen MR) is 62.1 cm³/mol. The summed E-state index contributed by atoms with van der Waals surface area (Å²) < 4.78 is 5.83. The van der Waals surface area contributed by atoms with Crippen LogP contribution in [0.3, 0.4) is 0 Å². The van der Waals surface area contributed by atoms with Gasteiger partial charge in [-0.1, -0.05) is 43.2 Å². The summed E-state index contributed by atoms with van der Waals surface area (Å²) in [6.07, 6.45) is 4.76. The molecule has 1 saturated heterocycles. The minimum absolute atomic E-state index is 0.274. The number of ether oxygens (including phenoxy) is 1. The van der Waals surface area contributed by atoms with E-state index in [1.165, 1.54) is 12.8 Å². The van der Waals surface area contributed by atoms with Crippen molar-refractivity contribution in [3.8, 4) is 0 Å². The van der Waals surface area contributed by atoms with Crippen LogP contribution in [0.15, 0.2) is 30.3 Å². The van der Waals surface area contributed by atoms with Gasteiger partial charge in [-0.15, -0.1) is 0 Å². The molecule has 2 nitrogen and oxygen atoms in total. The van der Waals surface area contributed by atoms with Gasteiger partial charge in [0.25, 0.3) is 0 Å². The van der Waals surface area contributed by atoms with Gasteiger partial charge < -0.3 is 9.84 Å². The summed E-state index contributed by atoms with van der Waals surface area (Å²) in [6, 6.07) is 9.90. The molecule has 0 spiro atoms. The third-order valence-corrected chi connectivity index (χ3v) is 4.24. The molecule has 1 heterocycles. The second kappa shape index (κ2) is 3.31. The van der Waals surface area contributed by atoms with Crippen LogP contribution in [0.2, 0.25) is 0 Å². The van der Waals surface area contributed by atoms with E-state index in [9.17, 15) is 5.11 Å². The monoisotopic (exact) mass is 218 g/mol. The molecule has 1 aromatic rings. The van der Waals surface area contributed by atoms with E-state index in [1.54, 1.807) is 0 Å². The minimum Gasteiger partial charge on any atom is -0.382 e. The summed E-state index contributed by atoms with van der Waals surface area (Å²) in [7, 11) is 0. The first-order chi connectivity index (χ1) is 7.67. The molecule has 0 aromatic heterocycles. The molecular formula is C14H18O2. The van der Waals surface area contributed by atoms with Crippen molar-refractivity contribution < 1.29 is 9.84 Å². The molecule has 2 fully saturated rings. The number of hydrogen-bond donors (Lipinski definition) is 1. The summed E-state index contributed by atoms with van der Waals surface area (Å²) in [5, 5.41) is 10.8. The molecule has 86 valence electrons. The van der Waals surface area contributed by atoms with Gasteiger partial charge >= 0.3 is 0 Å². The summed E-state index contributed by atoms with van der Waals surface area (Å²) >= 11 is 0. The fourth-order valence-electron chi connectivity index (χ4n) is 3.13. The van der Waals surface area contributed by atoms with Crippen LogP contribution in [0.25, 0.3) is 0 Å². The highest BCUT2D eigenvalue weighted by atomic mass is 16.6. The number of aliphatic hydroxyl groups is 1. The largest absolute Gasteiger partial charge is 0.382 e. The number of rotatable bonds is 2. The third kappa shape index (κ3) is 1.26. The average Bonchev–Trinajstić information content (AvgIpc) is 3.06. The second-order valence-electron chi connectivity index (χ2n) is 5.18. The Morgan fingerprint density at radius 1 is 1.31 bits per heavy atom. The summed E-state index contributed by atoms with van der Waals surface area (Å²) in [4.78, 5) is 0. The predicted octanol–water partition coefficient (Wildman–Crippen LogP) is 2.61. The van der Waals surface area contributed by atoms with Crippen LogP contribution in [0.5, 0.6) is 0 Å². The zero-order valence-corrected chi connectivity index (χ0v) is 9.65. The normalized spacial score (nSPS) is 36.2. The van der Waals surface area contributed by atoms with Gasteiger partial charge in [0.2, 0.25) is 0 Å². The van der Waals surface area contributed by atoms with Crippen molar-refractivity contribution in [1.82, 2.24) is 0 Å². The Morgan fingerprint density at radius 2 is 2.06 bits per heavy atom. The molecule has 2 aliphatic rings. The molecule has 16 heavy (non-hydrogen) atoms. The zero-order chi connectivity index (χ0) is 11.2. The van der Waals surface area contributed by atoms with Crippen LogP contribution >= 0.6 is 0 Å². The molecule has 1 aliphatic heterocycles. The molecule has 2 heteroatoms. The zero-order valence-electron chi connectivity index (χ0n) is 9.65. The van der Waals surface area contributed by atoms with Crippen LogP contribution < -0.4 is 0 Å². The highest BCUT2D eigenvalue weighted by Gasteiger charge is 2.67. The maximum Gasteiger partial charge on any atom is 0.127 e. The Kier molecular flexibility index (Phi) is 2.13. The van der Waals surface area contributed by atoms with E-state index in [0.717, 1.165) is 18.4 Å². The number of benzene rings is 1. The topological polar surface area (TPSA) is 32.8 Å². The van der Waals surface area contributed by atoms with E-state index in [2.05, 4.69) is 0 Å². The van der Waals surface area contributed by atoms with Crippen LogP contribution in [0.1, 0.15) is 38.2 Å². The lowest BCUT2D eigenvalue weighted by molar-refractivity contribution is -0.0333. The first kappa shape index (κ1) is 10.3. The molecule has 1 saturated carbocycles. The Balaban J connectivity index is 1.94. The van der Waals surface area contributed by atoms with Crippen molar-refractivity contribution in [2.24, 2.45) is 0 Å². The van der Waals surface area contributed by atoms with E-state index >= 15 is 0 Å². The molecular weight excluding hydrogens is 200 g/mol. The van der Waals surface area contributed by atoms with Crippen molar-refractivity contribution in [3.05, 3.63) is 35.9 Å². The Hall–Kier alpha value is -0.860. The van der Waals surface area contributed by atoms with Gasteiger partial charge in [0.05, 0.1) is 6.10 Å². The van der Waals surface area contributed by atoms with E-state index in [0.29, 0.717) is 0 Å². The first-order valence-corrected chi connectivity index (χ1v) is 6.12. The summed E-state index contributed by atoms with van der Waals surface area (Å²) in [5.41, 5.74) is -0.175. The quantitative estimate of drug-likeness (QED) is 0.774. The average molecular weight is 218 g/mol. The van der Waals surface area contributed by atoms with E-state index < -0.39 is 5.60 Å². The van der Waals surface area contributed by atoms with Crippen molar-refractivity contribution in [1.29, 1.82) is 0 Å². The maximum absolute atomic E-state index is 10.8. The minimum atomic E-state index is -0.848. The SMILES string of the molecule is C[C@@](O)(c1ccccc1)[C@@]12CCCC[C@@H]1O2. The van der Waals surface area contributed by atoms with E-state index in [1.807, 2.05) is 37.3 Å². The second-order valence-corrected chi connectivity index (χ2v) is 5.18. The molecule has 3 rings (SSSR count). The van der Waals surface area contributed by atoms with Crippen LogP contribution in [-0.4, -0.2) is 16.8 Å². The fourth-order valence-corrected chi connectivity index (χ4v) is 3.13. The van der Waals surface area contributed by atoms with Crippen LogP contribution in [0, 0.1) is 0 Å². The molecule has 1 aliphatic carbocycles. The van der Waals surface area contributed by atoms with Crippen molar-refractivity contribution >= 4 is 0 Å². The molecule has 1 N–H and O–H groups in total. The Bertz CT molecular complexity index is 385. The Labute approximate surface area is 96.2 Å². The standard InChI is InChI=1S/C14H18O2/c1-13(15,11-7-3-2-4-8-11)14-10-6-5-9-12(14)16-14/h2-4,7-8,12,15H,5-6,9-10H2,1H3/t12-,13+,14+/m0/s1. The Morgan fingerprint density at radius 3 is 2.75 bits per heavy atom. The number of fused-ring (bicyclic) bond motifs is 1.